The molecule has 4 aromatic carbocycles. The van der Waals surface area contributed by atoms with Gasteiger partial charge in [0.25, 0.3) is 5.91 Å². The lowest BCUT2D eigenvalue weighted by atomic mass is 9.99. The second kappa shape index (κ2) is 12.8. The molecule has 0 aliphatic rings. The van der Waals surface area contributed by atoms with Crippen molar-refractivity contribution in [3.8, 4) is 45.3 Å². The van der Waals surface area contributed by atoms with Crippen molar-refractivity contribution in [1.82, 2.24) is 5.32 Å². The van der Waals surface area contributed by atoms with E-state index in [9.17, 15) is 35.9 Å². The molecule has 7 nitrogen and oxygen atoms in total. The summed E-state index contributed by atoms with van der Waals surface area (Å²) in [6, 6.07) is 21.0. The molecule has 0 atom stereocenters. The number of aliphatic carboxylic acids is 1. The average Bonchev–Trinajstić information content (AvgIpc) is 2.92. The van der Waals surface area contributed by atoms with Gasteiger partial charge in [-0.1, -0.05) is 36.4 Å². The van der Waals surface area contributed by atoms with Crippen molar-refractivity contribution >= 4 is 11.9 Å². The van der Waals surface area contributed by atoms with Crippen molar-refractivity contribution in [2.24, 2.45) is 0 Å². The van der Waals surface area contributed by atoms with Crippen LogP contribution < -0.4 is 19.5 Å². The quantitative estimate of drug-likeness (QED) is 0.179. The highest BCUT2D eigenvalue weighted by atomic mass is 19.4. The highest BCUT2D eigenvalue weighted by molar-refractivity contribution is 5.94. The molecular formula is C30H21F6NO6. The second-order valence-electron chi connectivity index (χ2n) is 8.88. The molecule has 43 heavy (non-hydrogen) atoms. The van der Waals surface area contributed by atoms with Crippen LogP contribution in [0.25, 0.3) is 22.3 Å². The van der Waals surface area contributed by atoms with E-state index < -0.39 is 36.1 Å². The van der Waals surface area contributed by atoms with Gasteiger partial charge in [-0.05, 0) is 71.3 Å². The Bertz CT molecular complexity index is 1570. The van der Waals surface area contributed by atoms with Crippen molar-refractivity contribution in [1.29, 1.82) is 0 Å². The molecule has 0 fully saturated rings. The van der Waals surface area contributed by atoms with Crippen LogP contribution in [0.3, 0.4) is 0 Å². The number of nitrogens with one attached hydrogen (secondary N) is 1. The summed E-state index contributed by atoms with van der Waals surface area (Å²) in [5, 5.41) is 11.2. The number of benzene rings is 4. The molecule has 0 spiro atoms. The molecule has 0 radical (unpaired) electrons. The molecule has 0 aliphatic carbocycles. The van der Waals surface area contributed by atoms with E-state index in [1.165, 1.54) is 48.5 Å². The van der Waals surface area contributed by atoms with E-state index in [0.717, 1.165) is 24.3 Å². The van der Waals surface area contributed by atoms with Gasteiger partial charge in [0.2, 0.25) is 0 Å². The Kier molecular flexibility index (Phi) is 9.12. The van der Waals surface area contributed by atoms with Crippen molar-refractivity contribution in [2.75, 3.05) is 6.54 Å². The van der Waals surface area contributed by atoms with E-state index in [0.29, 0.717) is 22.3 Å². The summed E-state index contributed by atoms with van der Waals surface area (Å²) in [6.45, 7) is -0.0569. The number of alkyl halides is 6. The van der Waals surface area contributed by atoms with Gasteiger partial charge in [0.1, 0.15) is 23.0 Å². The third-order valence-corrected chi connectivity index (χ3v) is 5.77. The Labute approximate surface area is 240 Å². The molecule has 0 aromatic heterocycles. The maximum atomic E-state index is 12.6. The fourth-order valence-corrected chi connectivity index (χ4v) is 3.90. The maximum absolute atomic E-state index is 12.6. The van der Waals surface area contributed by atoms with E-state index in [1.807, 2.05) is 0 Å². The van der Waals surface area contributed by atoms with E-state index in [4.69, 9.17) is 9.84 Å². The van der Waals surface area contributed by atoms with Crippen molar-refractivity contribution in [2.45, 2.75) is 19.1 Å². The van der Waals surface area contributed by atoms with Crippen molar-refractivity contribution < 1.29 is 55.2 Å². The Hall–Kier alpha value is -5.20. The van der Waals surface area contributed by atoms with E-state index in [1.54, 1.807) is 18.2 Å². The van der Waals surface area contributed by atoms with Crippen molar-refractivity contribution in [3.05, 3.63) is 96.6 Å². The summed E-state index contributed by atoms with van der Waals surface area (Å²) in [4.78, 5) is 22.9. The van der Waals surface area contributed by atoms with Crippen LogP contribution in [0.2, 0.25) is 0 Å². The van der Waals surface area contributed by atoms with Crippen molar-refractivity contribution in [3.63, 3.8) is 0 Å². The SMILES string of the molecule is O=C(O)CCNC(=O)c1ccc(Oc2cc(-c3ccc(OC(F)(F)F)cc3)ccc2-c2ccc(OC(F)(F)F)cc2)cc1. The van der Waals surface area contributed by atoms with Gasteiger partial charge in [-0.25, -0.2) is 0 Å². The number of amides is 1. The fourth-order valence-electron chi connectivity index (χ4n) is 3.90. The van der Waals surface area contributed by atoms with Gasteiger partial charge in [0.05, 0.1) is 6.42 Å². The third kappa shape index (κ3) is 9.15. The molecule has 0 saturated heterocycles. The van der Waals surface area contributed by atoms with Crippen LogP contribution in [-0.2, 0) is 4.79 Å². The topological polar surface area (TPSA) is 94.1 Å². The Morgan fingerprint density at radius 2 is 1.14 bits per heavy atom. The second-order valence-corrected chi connectivity index (χ2v) is 8.88. The molecule has 13 heteroatoms. The Morgan fingerprint density at radius 3 is 1.65 bits per heavy atom. The highest BCUT2D eigenvalue weighted by Gasteiger charge is 2.31. The minimum Gasteiger partial charge on any atom is -0.481 e. The first-order valence-electron chi connectivity index (χ1n) is 12.4. The molecule has 0 heterocycles. The van der Waals surface area contributed by atoms with Gasteiger partial charge in [-0.15, -0.1) is 26.3 Å². The van der Waals surface area contributed by atoms with Gasteiger partial charge < -0.3 is 24.6 Å². The van der Waals surface area contributed by atoms with Crippen LogP contribution in [0, 0.1) is 0 Å². The monoisotopic (exact) mass is 605 g/mol. The normalized spacial score (nSPS) is 11.5. The number of carbonyl (C=O) groups excluding carboxylic acids is 1. The van der Waals surface area contributed by atoms with Crippen LogP contribution >= 0.6 is 0 Å². The van der Waals surface area contributed by atoms with Gasteiger partial charge in [0, 0.05) is 17.7 Å². The molecule has 2 N–H and O–H groups in total. The number of carboxylic acids is 1. The number of halogens is 6. The first-order chi connectivity index (χ1) is 20.3. The highest BCUT2D eigenvalue weighted by Crippen LogP contribution is 2.38. The lowest BCUT2D eigenvalue weighted by molar-refractivity contribution is -0.275. The summed E-state index contributed by atoms with van der Waals surface area (Å²) in [5.74, 6) is -1.85. The number of ether oxygens (including phenoxy) is 3. The van der Waals surface area contributed by atoms with E-state index in [-0.39, 0.29) is 30.0 Å². The van der Waals surface area contributed by atoms with Gasteiger partial charge in [-0.3, -0.25) is 9.59 Å². The minimum atomic E-state index is -4.86. The molecule has 0 saturated carbocycles. The van der Waals surface area contributed by atoms with Crippen LogP contribution in [0.5, 0.6) is 23.0 Å². The lowest BCUT2D eigenvalue weighted by Gasteiger charge is -2.15. The molecule has 224 valence electrons. The molecule has 4 aromatic rings. The van der Waals surface area contributed by atoms with Crippen LogP contribution in [0.4, 0.5) is 26.3 Å². The number of hydrogen-bond acceptors (Lipinski definition) is 5. The van der Waals surface area contributed by atoms with Crippen LogP contribution in [0.1, 0.15) is 16.8 Å². The number of rotatable bonds is 10. The zero-order valence-electron chi connectivity index (χ0n) is 21.8. The fraction of sp³-hybridized carbons (Fsp3) is 0.133. The minimum absolute atomic E-state index is 0.0569. The summed E-state index contributed by atoms with van der Waals surface area (Å²) in [7, 11) is 0. The van der Waals surface area contributed by atoms with Crippen LogP contribution in [-0.4, -0.2) is 36.3 Å². The summed E-state index contributed by atoms with van der Waals surface area (Å²) in [6.07, 6.45) is -9.95. The zero-order chi connectivity index (χ0) is 31.2. The lowest BCUT2D eigenvalue weighted by Crippen LogP contribution is -2.25. The molecular weight excluding hydrogens is 584 g/mol. The summed E-state index contributed by atoms with van der Waals surface area (Å²) >= 11 is 0. The smallest absolute Gasteiger partial charge is 0.481 e. The molecule has 0 unspecified atom stereocenters. The predicted molar refractivity (Wildman–Crippen MR) is 142 cm³/mol. The first kappa shape index (κ1) is 30.8. The molecule has 0 aliphatic heterocycles. The van der Waals surface area contributed by atoms with Crippen LogP contribution in [0.15, 0.2) is 91.0 Å². The maximum Gasteiger partial charge on any atom is 0.573 e. The summed E-state index contributed by atoms with van der Waals surface area (Å²) < 4.78 is 89.3. The van der Waals surface area contributed by atoms with Gasteiger partial charge in [-0.2, -0.15) is 0 Å². The molecule has 0 bridgehead atoms. The molecule has 1 amide bonds. The first-order valence-corrected chi connectivity index (χ1v) is 12.4. The van der Waals surface area contributed by atoms with E-state index in [2.05, 4.69) is 14.8 Å². The van der Waals surface area contributed by atoms with E-state index >= 15 is 0 Å². The Balaban J connectivity index is 1.63. The predicted octanol–water partition coefficient (Wildman–Crippen LogP) is 7.81. The largest absolute Gasteiger partial charge is 0.573 e. The number of carbonyl (C=O) groups is 2. The average molecular weight is 605 g/mol. The summed E-state index contributed by atoms with van der Waals surface area (Å²) in [5.41, 5.74) is 2.25. The van der Waals surface area contributed by atoms with Gasteiger partial charge >= 0.3 is 18.7 Å². The van der Waals surface area contributed by atoms with Gasteiger partial charge in [0.15, 0.2) is 0 Å². The third-order valence-electron chi connectivity index (χ3n) is 5.77. The molecule has 4 rings (SSSR count). The Morgan fingerprint density at radius 1 is 0.651 bits per heavy atom. The number of carboxylic acid groups (broad SMARTS) is 1. The number of hydrogen-bond donors (Lipinski definition) is 2. The standard InChI is InChI=1S/C30H21F6NO6/c31-29(32,33)42-23-10-1-18(2-11-23)21-7-14-25(19-3-12-24(13-4-19)43-30(34,35)36)26(17-21)41-22-8-5-20(6-9-22)28(40)37-16-15-27(38)39/h1-14,17H,15-16H2,(H,37,40)(H,38,39). The zero-order valence-corrected chi connectivity index (χ0v) is 21.8.